The van der Waals surface area contributed by atoms with Gasteiger partial charge in [-0.3, -0.25) is 0 Å². The lowest BCUT2D eigenvalue weighted by Gasteiger charge is -2.35. The molecule has 0 saturated heterocycles. The third-order valence-electron chi connectivity index (χ3n) is 3.50. The van der Waals surface area contributed by atoms with Gasteiger partial charge in [-0.25, -0.2) is 0 Å². The van der Waals surface area contributed by atoms with Crippen molar-refractivity contribution in [3.63, 3.8) is 0 Å². The van der Waals surface area contributed by atoms with Crippen molar-refractivity contribution in [2.75, 3.05) is 13.7 Å². The van der Waals surface area contributed by atoms with E-state index >= 15 is 0 Å². The van der Waals surface area contributed by atoms with E-state index in [-0.39, 0.29) is 17.9 Å². The minimum absolute atomic E-state index is 0.0523. The highest BCUT2D eigenvalue weighted by atomic mass is 19.4. The van der Waals surface area contributed by atoms with Crippen LogP contribution in [0.1, 0.15) is 25.0 Å². The molecule has 1 aromatic carbocycles. The van der Waals surface area contributed by atoms with Crippen molar-refractivity contribution >= 4 is 0 Å². The van der Waals surface area contributed by atoms with E-state index in [0.29, 0.717) is 0 Å². The molecule has 0 aliphatic carbocycles. The Morgan fingerprint density at radius 1 is 0.885 bits per heavy atom. The Balaban J connectivity index is 3.25. The molecule has 1 rings (SSSR count). The Morgan fingerprint density at radius 2 is 1.42 bits per heavy atom. The number of halogens is 9. The fraction of sp³-hybridized carbons (Fsp3) is 0.600. The zero-order valence-electron chi connectivity index (χ0n) is 13.5. The molecular weight excluding hydrogens is 383 g/mol. The number of alkyl halides is 9. The van der Waals surface area contributed by atoms with Crippen LogP contribution in [0.15, 0.2) is 24.3 Å². The van der Waals surface area contributed by atoms with Crippen LogP contribution in [-0.4, -0.2) is 37.7 Å². The molecule has 0 bridgehead atoms. The fourth-order valence-corrected chi connectivity index (χ4v) is 2.12. The molecule has 0 spiro atoms. The van der Waals surface area contributed by atoms with Gasteiger partial charge in [-0.2, -0.15) is 39.5 Å². The number of para-hydroxylation sites is 1. The zero-order valence-corrected chi connectivity index (χ0v) is 13.5. The number of benzene rings is 1. The SMILES string of the molecule is CCOc1ccccc1C(CC(F)(F)C(F)(F)C(F)(F)C(F)(F)F)OC. The van der Waals surface area contributed by atoms with Crippen molar-refractivity contribution in [1.29, 1.82) is 0 Å². The van der Waals surface area contributed by atoms with Gasteiger partial charge in [0.25, 0.3) is 0 Å². The van der Waals surface area contributed by atoms with Crippen LogP contribution in [-0.2, 0) is 4.74 Å². The molecule has 1 unspecified atom stereocenters. The van der Waals surface area contributed by atoms with Crippen molar-refractivity contribution in [2.45, 2.75) is 43.4 Å². The molecular formula is C15H15F9O2. The summed E-state index contributed by atoms with van der Waals surface area (Å²) in [5.41, 5.74) is -0.192. The topological polar surface area (TPSA) is 18.5 Å². The number of rotatable bonds is 8. The van der Waals surface area contributed by atoms with E-state index in [2.05, 4.69) is 4.74 Å². The summed E-state index contributed by atoms with van der Waals surface area (Å²) in [4.78, 5) is 0. The second-order valence-electron chi connectivity index (χ2n) is 5.25. The van der Waals surface area contributed by atoms with E-state index in [1.165, 1.54) is 25.1 Å². The Morgan fingerprint density at radius 3 is 1.88 bits per heavy atom. The maximum Gasteiger partial charge on any atom is 0.460 e. The second-order valence-corrected chi connectivity index (χ2v) is 5.25. The minimum Gasteiger partial charge on any atom is -0.493 e. The number of ether oxygens (including phenoxy) is 2. The normalized spacial score (nSPS) is 15.0. The Kier molecular flexibility index (Phi) is 6.49. The zero-order chi connectivity index (χ0) is 20.4. The molecule has 1 aromatic rings. The van der Waals surface area contributed by atoms with Gasteiger partial charge in [0.05, 0.1) is 12.7 Å². The smallest absolute Gasteiger partial charge is 0.460 e. The number of methoxy groups -OCH3 is 1. The van der Waals surface area contributed by atoms with Crippen LogP contribution < -0.4 is 4.74 Å². The van der Waals surface area contributed by atoms with Gasteiger partial charge < -0.3 is 9.47 Å². The lowest BCUT2D eigenvalue weighted by molar-refractivity contribution is -0.398. The van der Waals surface area contributed by atoms with E-state index in [9.17, 15) is 39.5 Å². The summed E-state index contributed by atoms with van der Waals surface area (Å²) >= 11 is 0. The highest BCUT2D eigenvalue weighted by Gasteiger charge is 2.81. The van der Waals surface area contributed by atoms with Crippen LogP contribution in [0, 0.1) is 0 Å². The first-order valence-corrected chi connectivity index (χ1v) is 7.17. The third-order valence-corrected chi connectivity index (χ3v) is 3.50. The maximum absolute atomic E-state index is 13.8. The first-order chi connectivity index (χ1) is 11.7. The molecule has 150 valence electrons. The van der Waals surface area contributed by atoms with Gasteiger partial charge in [0.15, 0.2) is 0 Å². The molecule has 0 saturated carbocycles. The molecule has 0 amide bonds. The highest BCUT2D eigenvalue weighted by Crippen LogP contribution is 2.55. The molecule has 0 heterocycles. The van der Waals surface area contributed by atoms with Gasteiger partial charge in [0, 0.05) is 19.1 Å². The first-order valence-electron chi connectivity index (χ1n) is 7.17. The van der Waals surface area contributed by atoms with Crippen molar-refractivity contribution < 1.29 is 49.0 Å². The fourth-order valence-electron chi connectivity index (χ4n) is 2.12. The lowest BCUT2D eigenvalue weighted by Crippen LogP contribution is -2.61. The van der Waals surface area contributed by atoms with Crippen molar-refractivity contribution in [3.8, 4) is 5.75 Å². The molecule has 26 heavy (non-hydrogen) atoms. The van der Waals surface area contributed by atoms with E-state index < -0.39 is 36.5 Å². The summed E-state index contributed by atoms with van der Waals surface area (Å²) in [6, 6.07) is 5.16. The third kappa shape index (κ3) is 4.02. The summed E-state index contributed by atoms with van der Waals surface area (Å²) < 4.78 is 127. The Hall–Kier alpha value is -1.65. The molecule has 0 radical (unpaired) electrons. The quantitative estimate of drug-likeness (QED) is 0.529. The first kappa shape index (κ1) is 22.4. The molecule has 0 aliphatic rings. The number of hydrogen-bond donors (Lipinski definition) is 0. The average molecular weight is 398 g/mol. The standard InChI is InChI=1S/C15H15F9O2/c1-3-26-10-7-5-4-6-9(10)11(25-2)8-12(16,17)13(18,19)14(20,21)15(22,23)24/h4-7,11H,3,8H2,1-2H3. The molecule has 0 aromatic heterocycles. The van der Waals surface area contributed by atoms with E-state index in [1.54, 1.807) is 0 Å². The van der Waals surface area contributed by atoms with Gasteiger partial charge in [-0.15, -0.1) is 0 Å². The van der Waals surface area contributed by atoms with Gasteiger partial charge >= 0.3 is 23.9 Å². The van der Waals surface area contributed by atoms with Crippen molar-refractivity contribution in [2.24, 2.45) is 0 Å². The highest BCUT2D eigenvalue weighted by molar-refractivity contribution is 5.35. The average Bonchev–Trinajstić information content (AvgIpc) is 2.52. The number of hydrogen-bond acceptors (Lipinski definition) is 2. The van der Waals surface area contributed by atoms with Gasteiger partial charge in [0.2, 0.25) is 0 Å². The largest absolute Gasteiger partial charge is 0.493 e. The van der Waals surface area contributed by atoms with Gasteiger partial charge in [-0.05, 0) is 13.0 Å². The minimum atomic E-state index is -6.93. The predicted octanol–water partition coefficient (Wildman–Crippen LogP) is 5.63. The van der Waals surface area contributed by atoms with E-state index in [4.69, 9.17) is 4.74 Å². The Labute approximate surface area is 142 Å². The molecule has 0 aliphatic heterocycles. The van der Waals surface area contributed by atoms with E-state index in [0.717, 1.165) is 13.2 Å². The molecule has 11 heteroatoms. The van der Waals surface area contributed by atoms with Gasteiger partial charge in [0.1, 0.15) is 5.75 Å². The van der Waals surface area contributed by atoms with Crippen molar-refractivity contribution in [3.05, 3.63) is 29.8 Å². The van der Waals surface area contributed by atoms with Crippen molar-refractivity contribution in [1.82, 2.24) is 0 Å². The summed E-state index contributed by atoms with van der Waals surface area (Å²) in [5, 5.41) is 0. The Bertz CT molecular complexity index is 599. The van der Waals surface area contributed by atoms with Crippen LogP contribution in [0.2, 0.25) is 0 Å². The second kappa shape index (κ2) is 7.53. The summed E-state index contributed by atoms with van der Waals surface area (Å²) in [6.45, 7) is 1.59. The summed E-state index contributed by atoms with van der Waals surface area (Å²) in [7, 11) is 0.823. The molecule has 0 N–H and O–H groups in total. The molecule has 2 nitrogen and oxygen atoms in total. The van der Waals surface area contributed by atoms with Crippen LogP contribution in [0.5, 0.6) is 5.75 Å². The predicted molar refractivity (Wildman–Crippen MR) is 72.9 cm³/mol. The molecule has 0 fully saturated rings. The van der Waals surface area contributed by atoms with E-state index in [1.807, 2.05) is 0 Å². The van der Waals surface area contributed by atoms with Crippen LogP contribution in [0.25, 0.3) is 0 Å². The van der Waals surface area contributed by atoms with Crippen LogP contribution in [0.3, 0.4) is 0 Å². The summed E-state index contributed by atoms with van der Waals surface area (Å²) in [6.07, 6.45) is -10.9. The molecule has 1 atom stereocenters. The lowest BCUT2D eigenvalue weighted by atomic mass is 9.94. The maximum atomic E-state index is 13.8. The monoisotopic (exact) mass is 398 g/mol. The summed E-state index contributed by atoms with van der Waals surface area (Å²) in [5.74, 6) is -19.4. The van der Waals surface area contributed by atoms with Crippen LogP contribution in [0.4, 0.5) is 39.5 Å². The van der Waals surface area contributed by atoms with Gasteiger partial charge in [-0.1, -0.05) is 18.2 Å². The van der Waals surface area contributed by atoms with Crippen LogP contribution >= 0.6 is 0 Å².